The Balaban J connectivity index is 1.83. The molecule has 0 fully saturated rings. The lowest BCUT2D eigenvalue weighted by molar-refractivity contribution is 0.526. The van der Waals surface area contributed by atoms with Crippen LogP contribution in [0.3, 0.4) is 0 Å². The lowest BCUT2D eigenvalue weighted by Crippen LogP contribution is -2.29. The van der Waals surface area contributed by atoms with E-state index >= 15 is 0 Å². The number of anilines is 1. The molecular formula is C19H21N7O2S. The van der Waals surface area contributed by atoms with Gasteiger partial charge in [-0.15, -0.1) is 0 Å². The molecule has 0 amide bonds. The fraction of sp³-hybridized carbons (Fsp3) is 0.316. The molecule has 3 aromatic heterocycles. The maximum Gasteiger partial charge on any atom is 0.302 e. The molecule has 0 atom stereocenters. The third-order valence-electron chi connectivity index (χ3n) is 5.47. The molecular weight excluding hydrogens is 390 g/mol. The largest absolute Gasteiger partial charge is 0.302 e. The number of benzene rings is 1. The summed E-state index contributed by atoms with van der Waals surface area (Å²) in [7, 11) is -0.714. The Bertz CT molecular complexity index is 1320. The first kappa shape index (κ1) is 18.1. The lowest BCUT2D eigenvalue weighted by atomic mass is 9.86. The zero-order chi connectivity index (χ0) is 20.2. The van der Waals surface area contributed by atoms with Gasteiger partial charge in [-0.1, -0.05) is 0 Å². The summed E-state index contributed by atoms with van der Waals surface area (Å²) >= 11 is 0. The van der Waals surface area contributed by atoms with Crippen LogP contribution in [-0.4, -0.2) is 52.2 Å². The smallest absolute Gasteiger partial charge is 0.285 e. The summed E-state index contributed by atoms with van der Waals surface area (Å²) in [6, 6.07) is 3.85. The molecule has 9 nitrogen and oxygen atoms in total. The van der Waals surface area contributed by atoms with Crippen molar-refractivity contribution >= 4 is 37.8 Å². The molecule has 10 heteroatoms. The molecule has 0 bridgehead atoms. The zero-order valence-corrected chi connectivity index (χ0v) is 17.0. The average molecular weight is 411 g/mol. The minimum Gasteiger partial charge on any atom is -0.285 e. The standard InChI is InChI=1S/C19H21N7O2S/c1-26(2)29(27,28)25-19-17-15(23-24-19)8-7-14-16(17)12-5-3-4-6-13(12)18(22-14)11-9-20-21-10-11/h7-10H,3-6H2,1-2H3,(H,20,21)(H2,23,24,25). The van der Waals surface area contributed by atoms with Crippen LogP contribution in [0.4, 0.5) is 5.82 Å². The van der Waals surface area contributed by atoms with Crippen molar-refractivity contribution in [2.45, 2.75) is 25.7 Å². The van der Waals surface area contributed by atoms with E-state index in [9.17, 15) is 8.42 Å². The average Bonchev–Trinajstić information content (AvgIpc) is 3.37. The molecule has 0 spiro atoms. The van der Waals surface area contributed by atoms with Gasteiger partial charge in [-0.05, 0) is 48.9 Å². The molecule has 0 aliphatic heterocycles. The van der Waals surface area contributed by atoms with Crippen LogP contribution in [0.5, 0.6) is 0 Å². The summed E-state index contributed by atoms with van der Waals surface area (Å²) in [5.41, 5.74) is 5.93. The zero-order valence-electron chi connectivity index (χ0n) is 16.2. The van der Waals surface area contributed by atoms with Crippen molar-refractivity contribution < 1.29 is 8.42 Å². The molecule has 5 rings (SSSR count). The van der Waals surface area contributed by atoms with Gasteiger partial charge < -0.3 is 0 Å². The molecule has 3 heterocycles. The van der Waals surface area contributed by atoms with Gasteiger partial charge in [0.15, 0.2) is 5.82 Å². The second kappa shape index (κ2) is 6.53. The minimum absolute atomic E-state index is 0.296. The maximum absolute atomic E-state index is 12.4. The SMILES string of the molecule is CN(C)S(=O)(=O)Nc1n[nH]c2ccc3nc(-c4cn[nH]c4)c4c(c3c12)CCCC4. The molecule has 0 unspecified atom stereocenters. The van der Waals surface area contributed by atoms with Crippen LogP contribution in [0, 0.1) is 0 Å². The number of nitrogens with one attached hydrogen (secondary N) is 3. The number of aromatic nitrogens is 5. The summed E-state index contributed by atoms with van der Waals surface area (Å²) in [5.74, 6) is 0.296. The van der Waals surface area contributed by atoms with Gasteiger partial charge in [-0.3, -0.25) is 14.9 Å². The van der Waals surface area contributed by atoms with E-state index in [2.05, 4.69) is 25.1 Å². The highest BCUT2D eigenvalue weighted by molar-refractivity contribution is 7.90. The summed E-state index contributed by atoms with van der Waals surface area (Å²) in [5, 5.41) is 15.9. The molecule has 1 aliphatic rings. The number of pyridine rings is 1. The van der Waals surface area contributed by atoms with Gasteiger partial charge in [0.05, 0.1) is 28.3 Å². The summed E-state index contributed by atoms with van der Waals surface area (Å²) in [6.45, 7) is 0. The molecule has 29 heavy (non-hydrogen) atoms. The molecule has 1 aromatic carbocycles. The van der Waals surface area contributed by atoms with Crippen LogP contribution in [0.2, 0.25) is 0 Å². The Kier molecular flexibility index (Phi) is 4.07. The summed E-state index contributed by atoms with van der Waals surface area (Å²) in [6.07, 6.45) is 7.69. The number of hydrogen-bond donors (Lipinski definition) is 3. The van der Waals surface area contributed by atoms with E-state index in [0.29, 0.717) is 5.82 Å². The second-order valence-electron chi connectivity index (χ2n) is 7.46. The van der Waals surface area contributed by atoms with E-state index in [-0.39, 0.29) is 0 Å². The van der Waals surface area contributed by atoms with Gasteiger partial charge in [0.2, 0.25) is 0 Å². The Morgan fingerprint density at radius 2 is 1.90 bits per heavy atom. The molecule has 0 saturated carbocycles. The fourth-order valence-corrected chi connectivity index (χ4v) is 4.61. The monoisotopic (exact) mass is 411 g/mol. The quantitative estimate of drug-likeness (QED) is 0.477. The van der Waals surface area contributed by atoms with E-state index in [1.807, 2.05) is 18.3 Å². The number of hydrogen-bond acceptors (Lipinski definition) is 5. The van der Waals surface area contributed by atoms with Crippen molar-refractivity contribution in [3.63, 3.8) is 0 Å². The predicted molar refractivity (Wildman–Crippen MR) is 112 cm³/mol. The van der Waals surface area contributed by atoms with E-state index in [4.69, 9.17) is 4.98 Å². The Morgan fingerprint density at radius 1 is 1.10 bits per heavy atom. The van der Waals surface area contributed by atoms with Gasteiger partial charge in [0.25, 0.3) is 0 Å². The number of aryl methyl sites for hydroxylation is 1. The van der Waals surface area contributed by atoms with Crippen molar-refractivity contribution in [2.75, 3.05) is 18.8 Å². The molecule has 3 N–H and O–H groups in total. The van der Waals surface area contributed by atoms with E-state index in [1.54, 1.807) is 6.20 Å². The van der Waals surface area contributed by atoms with E-state index in [1.165, 1.54) is 25.2 Å². The highest BCUT2D eigenvalue weighted by Gasteiger charge is 2.24. The normalized spacial score (nSPS) is 14.6. The van der Waals surface area contributed by atoms with Crippen molar-refractivity contribution in [1.29, 1.82) is 0 Å². The molecule has 1 aliphatic carbocycles. The Labute approximate surface area is 167 Å². The van der Waals surface area contributed by atoms with Crippen molar-refractivity contribution in [1.82, 2.24) is 29.7 Å². The first-order valence-electron chi connectivity index (χ1n) is 9.47. The predicted octanol–water partition coefficient (Wildman–Crippen LogP) is 2.60. The van der Waals surface area contributed by atoms with Gasteiger partial charge in [-0.2, -0.15) is 22.9 Å². The topological polar surface area (TPSA) is 120 Å². The van der Waals surface area contributed by atoms with Crippen LogP contribution in [0.25, 0.3) is 33.1 Å². The lowest BCUT2D eigenvalue weighted by Gasteiger charge is -2.21. The van der Waals surface area contributed by atoms with Crippen LogP contribution in [0.1, 0.15) is 24.0 Å². The Morgan fingerprint density at radius 3 is 2.62 bits per heavy atom. The highest BCUT2D eigenvalue weighted by atomic mass is 32.2. The third kappa shape index (κ3) is 2.87. The van der Waals surface area contributed by atoms with Gasteiger partial charge in [0.1, 0.15) is 0 Å². The number of aromatic amines is 2. The highest BCUT2D eigenvalue weighted by Crippen LogP contribution is 2.39. The van der Waals surface area contributed by atoms with Crippen molar-refractivity contribution in [2.24, 2.45) is 0 Å². The minimum atomic E-state index is -3.68. The first-order valence-corrected chi connectivity index (χ1v) is 10.9. The fourth-order valence-electron chi connectivity index (χ4n) is 4.04. The van der Waals surface area contributed by atoms with E-state index in [0.717, 1.165) is 63.1 Å². The van der Waals surface area contributed by atoms with Crippen LogP contribution >= 0.6 is 0 Å². The molecule has 150 valence electrons. The van der Waals surface area contributed by atoms with Crippen molar-refractivity contribution in [3.05, 3.63) is 35.7 Å². The molecule has 0 saturated heterocycles. The molecule has 4 aromatic rings. The molecule has 0 radical (unpaired) electrons. The second-order valence-corrected chi connectivity index (χ2v) is 9.34. The van der Waals surface area contributed by atoms with Crippen LogP contribution in [0.15, 0.2) is 24.5 Å². The van der Waals surface area contributed by atoms with Crippen molar-refractivity contribution in [3.8, 4) is 11.3 Å². The van der Waals surface area contributed by atoms with Gasteiger partial charge >= 0.3 is 10.2 Å². The Hall–Kier alpha value is -2.98. The summed E-state index contributed by atoms with van der Waals surface area (Å²) in [4.78, 5) is 4.94. The number of H-pyrrole nitrogens is 2. The number of fused-ring (bicyclic) bond motifs is 5. The number of nitrogens with zero attached hydrogens (tertiary/aromatic N) is 4. The van der Waals surface area contributed by atoms with Crippen LogP contribution < -0.4 is 4.72 Å². The first-order chi connectivity index (χ1) is 14.0. The number of rotatable bonds is 4. The van der Waals surface area contributed by atoms with Gasteiger partial charge in [0, 0.05) is 31.2 Å². The third-order valence-corrected chi connectivity index (χ3v) is 6.89. The van der Waals surface area contributed by atoms with Gasteiger partial charge in [-0.25, -0.2) is 4.98 Å². The van der Waals surface area contributed by atoms with E-state index < -0.39 is 10.2 Å². The van der Waals surface area contributed by atoms with Crippen LogP contribution in [-0.2, 0) is 23.1 Å². The maximum atomic E-state index is 12.4. The summed E-state index contributed by atoms with van der Waals surface area (Å²) < 4.78 is 28.5.